The molecule has 15 heteroatoms. The van der Waals surface area contributed by atoms with Gasteiger partial charge in [0.2, 0.25) is 11.8 Å². The molecule has 7 fully saturated rings. The Labute approximate surface area is 400 Å². The number of rotatable bonds is 11. The number of imide groups is 1. The normalized spacial score (nSPS) is 24.9. The van der Waals surface area contributed by atoms with Gasteiger partial charge in [-0.2, -0.15) is 9.97 Å². The van der Waals surface area contributed by atoms with Crippen molar-refractivity contribution in [3.05, 3.63) is 83.3 Å². The van der Waals surface area contributed by atoms with Gasteiger partial charge in [0.05, 0.1) is 17.6 Å². The molecular formula is C54H58F3N9O3. The number of piperazine rings is 1. The highest BCUT2D eigenvalue weighted by Gasteiger charge is 2.51. The number of carbonyl (C=O) groups excluding carboxylic acids is 2. The van der Waals surface area contributed by atoms with Crippen LogP contribution in [0.1, 0.15) is 94.1 Å². The van der Waals surface area contributed by atoms with Crippen molar-refractivity contribution in [2.45, 2.75) is 107 Å². The molecule has 5 aliphatic heterocycles. The molecule has 5 saturated heterocycles. The Morgan fingerprint density at radius 1 is 0.884 bits per heavy atom. The number of carbonyl (C=O) groups is 2. The number of benzene rings is 3. The Morgan fingerprint density at radius 3 is 2.39 bits per heavy atom. The van der Waals surface area contributed by atoms with Crippen molar-refractivity contribution in [3.8, 4) is 29.6 Å². The van der Waals surface area contributed by atoms with Crippen LogP contribution >= 0.6 is 0 Å². The second-order valence-electron chi connectivity index (χ2n) is 21.3. The first-order valence-corrected chi connectivity index (χ1v) is 25.1. The number of pyridine rings is 1. The first kappa shape index (κ1) is 44.4. The van der Waals surface area contributed by atoms with Gasteiger partial charge in [0.25, 0.3) is 0 Å². The highest BCUT2D eigenvalue weighted by Crippen LogP contribution is 2.53. The van der Waals surface area contributed by atoms with E-state index >= 15 is 13.2 Å². The van der Waals surface area contributed by atoms with E-state index in [0.29, 0.717) is 69.8 Å². The van der Waals surface area contributed by atoms with Crippen LogP contribution in [-0.4, -0.2) is 113 Å². The van der Waals surface area contributed by atoms with Crippen LogP contribution in [0.15, 0.2) is 54.7 Å². The number of piperidine rings is 3. The largest absolute Gasteiger partial charge is 0.463 e. The van der Waals surface area contributed by atoms with Gasteiger partial charge in [-0.1, -0.05) is 36.3 Å². The van der Waals surface area contributed by atoms with E-state index in [2.05, 4.69) is 41.6 Å². The zero-order valence-electron chi connectivity index (χ0n) is 38.8. The van der Waals surface area contributed by atoms with E-state index in [0.717, 1.165) is 89.9 Å². The quantitative estimate of drug-likeness (QED) is 0.0892. The van der Waals surface area contributed by atoms with Crippen molar-refractivity contribution in [1.82, 2.24) is 35.4 Å². The van der Waals surface area contributed by atoms with Crippen LogP contribution in [0.4, 0.5) is 24.7 Å². The highest BCUT2D eigenvalue weighted by molar-refractivity contribution is 6.02. The molecule has 0 radical (unpaired) electrons. The number of halogens is 3. The van der Waals surface area contributed by atoms with E-state index in [1.54, 1.807) is 24.4 Å². The molecule has 2 aliphatic carbocycles. The summed E-state index contributed by atoms with van der Waals surface area (Å²) in [4.78, 5) is 45.6. The molecule has 1 spiro atoms. The zero-order valence-corrected chi connectivity index (χ0v) is 38.8. The molecule has 12 rings (SSSR count). The number of likely N-dealkylation sites (tertiary alicyclic amines) is 2. The standard InChI is InChI=1S/C54H58F3N9O3/c1-2-38-42(55)11-6-33-4-3-5-40(46(33)38)48-47(57)49-41(27-58-48)50(66-28-35-7-8-36(29-66)59-35)63-52(62-49)69-31-54(16-17-54)30-64-22-18-53(19-23-64)25-37(26-53)65-20-14-32(15-21-65)39-10-9-34(24-43(39)56)60-44-12-13-45(67)61-51(44)68/h1,3-6,9-11,24,27,32,35-37,44,59-60H,7-8,12-23,25-26,28-31H2,(H,61,67,68). The van der Waals surface area contributed by atoms with E-state index in [-0.39, 0.29) is 58.2 Å². The average molecular weight is 938 g/mol. The predicted octanol–water partition coefficient (Wildman–Crippen LogP) is 7.68. The van der Waals surface area contributed by atoms with E-state index < -0.39 is 17.7 Å². The SMILES string of the molecule is C#Cc1c(F)ccc2cccc(-c3ncc4c(N5CC6CCC(C5)N6)nc(OCC5(CN6CCC7(CC6)CC(N6CCC(c8ccc(NC9CCC(=O)NC9=O)cc8F)CC6)C7)CC5)nc4c3F)c12. The summed E-state index contributed by atoms with van der Waals surface area (Å²) in [6, 6.07) is 14.4. The molecular weight excluding hydrogens is 880 g/mol. The Hall–Kier alpha value is -5.82. The van der Waals surface area contributed by atoms with Crippen LogP contribution < -0.4 is 25.6 Å². The maximum absolute atomic E-state index is 17.1. The van der Waals surface area contributed by atoms with Gasteiger partial charge in [-0.3, -0.25) is 19.9 Å². The van der Waals surface area contributed by atoms with Gasteiger partial charge in [-0.15, -0.1) is 6.42 Å². The number of ether oxygens (including phenoxy) is 1. The minimum atomic E-state index is -0.620. The van der Waals surface area contributed by atoms with Gasteiger partial charge >= 0.3 is 6.01 Å². The van der Waals surface area contributed by atoms with E-state index in [9.17, 15) is 9.59 Å². The van der Waals surface area contributed by atoms with Crippen LogP contribution in [-0.2, 0) is 9.59 Å². The van der Waals surface area contributed by atoms with Crippen molar-refractivity contribution < 1.29 is 27.5 Å². The summed E-state index contributed by atoms with van der Waals surface area (Å²) in [6.45, 7) is 6.95. The topological polar surface area (TPSA) is 128 Å². The molecule has 3 N–H and O–H groups in total. The third-order valence-corrected chi connectivity index (χ3v) is 16.9. The van der Waals surface area contributed by atoms with Crippen molar-refractivity contribution in [1.29, 1.82) is 0 Å². The number of nitrogens with one attached hydrogen (secondary N) is 3. The average Bonchev–Trinajstić information content (AvgIpc) is 4.03. The van der Waals surface area contributed by atoms with Crippen LogP contribution in [0.5, 0.6) is 6.01 Å². The number of hydrogen-bond acceptors (Lipinski definition) is 11. The fourth-order valence-corrected chi connectivity index (χ4v) is 12.7. The van der Waals surface area contributed by atoms with Gasteiger partial charge < -0.3 is 30.1 Å². The molecule has 2 saturated carbocycles. The summed E-state index contributed by atoms with van der Waals surface area (Å²) >= 11 is 0. The summed E-state index contributed by atoms with van der Waals surface area (Å²) in [7, 11) is 0. The molecule has 3 aromatic carbocycles. The highest BCUT2D eigenvalue weighted by atomic mass is 19.1. The first-order valence-electron chi connectivity index (χ1n) is 25.1. The fraction of sp³-hybridized carbons (Fsp3) is 0.500. The number of aromatic nitrogens is 3. The van der Waals surface area contributed by atoms with Crippen molar-refractivity contribution in [2.75, 3.05) is 62.6 Å². The van der Waals surface area contributed by atoms with E-state index in [1.165, 1.54) is 37.8 Å². The minimum absolute atomic E-state index is 0.00586. The lowest BCUT2D eigenvalue weighted by molar-refractivity contribution is -0.133. The van der Waals surface area contributed by atoms with Crippen LogP contribution in [0.25, 0.3) is 32.9 Å². The maximum atomic E-state index is 17.1. The number of amides is 2. The van der Waals surface area contributed by atoms with Crippen LogP contribution in [0.2, 0.25) is 0 Å². The lowest BCUT2D eigenvalue weighted by Crippen LogP contribution is -2.56. The summed E-state index contributed by atoms with van der Waals surface area (Å²) in [6.07, 6.45) is 19.0. The third-order valence-electron chi connectivity index (χ3n) is 16.9. The van der Waals surface area contributed by atoms with Gasteiger partial charge in [0, 0.05) is 72.4 Å². The van der Waals surface area contributed by atoms with Crippen LogP contribution in [0, 0.1) is 40.6 Å². The van der Waals surface area contributed by atoms with Gasteiger partial charge in [-0.25, -0.2) is 13.2 Å². The molecule has 3 atom stereocenters. The predicted molar refractivity (Wildman–Crippen MR) is 258 cm³/mol. The Morgan fingerprint density at radius 2 is 1.67 bits per heavy atom. The molecule has 5 aromatic rings. The van der Waals surface area contributed by atoms with E-state index in [1.807, 2.05) is 18.2 Å². The molecule has 7 heterocycles. The molecule has 7 aliphatic rings. The number of anilines is 2. The number of terminal acetylenes is 1. The Kier molecular flexibility index (Phi) is 11.3. The molecule has 358 valence electrons. The summed E-state index contributed by atoms with van der Waals surface area (Å²) in [5.74, 6) is 1.22. The number of nitrogens with zero attached hydrogens (tertiary/aromatic N) is 6. The molecule has 2 amide bonds. The molecule has 2 bridgehead atoms. The third kappa shape index (κ3) is 8.46. The summed E-state index contributed by atoms with van der Waals surface area (Å²) in [5, 5.41) is 10.8. The lowest BCUT2D eigenvalue weighted by atomic mass is 9.59. The van der Waals surface area contributed by atoms with Gasteiger partial charge in [0.1, 0.15) is 34.7 Å². The maximum Gasteiger partial charge on any atom is 0.319 e. The van der Waals surface area contributed by atoms with Gasteiger partial charge in [0.15, 0.2) is 5.82 Å². The number of hydrogen-bond donors (Lipinski definition) is 3. The van der Waals surface area contributed by atoms with Crippen LogP contribution in [0.3, 0.4) is 0 Å². The lowest BCUT2D eigenvalue weighted by Gasteiger charge is -2.56. The molecule has 2 aromatic heterocycles. The fourth-order valence-electron chi connectivity index (χ4n) is 12.7. The summed E-state index contributed by atoms with van der Waals surface area (Å²) in [5.41, 5.74) is 2.33. The molecule has 69 heavy (non-hydrogen) atoms. The number of fused-ring (bicyclic) bond motifs is 4. The first-order chi connectivity index (χ1) is 33.5. The molecule has 12 nitrogen and oxygen atoms in total. The second-order valence-corrected chi connectivity index (χ2v) is 21.3. The monoisotopic (exact) mass is 937 g/mol. The van der Waals surface area contributed by atoms with Crippen molar-refractivity contribution in [2.24, 2.45) is 10.8 Å². The van der Waals surface area contributed by atoms with E-state index in [4.69, 9.17) is 21.1 Å². The van der Waals surface area contributed by atoms with Crippen molar-refractivity contribution in [3.63, 3.8) is 0 Å². The Bertz CT molecular complexity index is 2890. The smallest absolute Gasteiger partial charge is 0.319 e. The zero-order chi connectivity index (χ0) is 47.0. The van der Waals surface area contributed by atoms with Gasteiger partial charge in [-0.05, 0) is 137 Å². The molecule has 3 unspecified atom stereocenters. The van der Waals surface area contributed by atoms with Crippen molar-refractivity contribution >= 4 is 45.0 Å². The Balaban J connectivity index is 0.675. The summed E-state index contributed by atoms with van der Waals surface area (Å²) < 4.78 is 54.0. The second kappa shape index (κ2) is 17.5. The minimum Gasteiger partial charge on any atom is -0.463 e.